The third kappa shape index (κ3) is 2.85. The Morgan fingerprint density at radius 1 is 1.24 bits per heavy atom. The molecule has 2 aromatic heterocycles. The molecule has 0 aliphatic heterocycles. The van der Waals surface area contributed by atoms with E-state index in [0.717, 1.165) is 24.0 Å². The quantitative estimate of drug-likeness (QED) is 0.574. The molecular weight excluding hydrogens is 286 g/mol. The molecule has 0 radical (unpaired) electrons. The minimum atomic E-state index is -0.364. The van der Waals surface area contributed by atoms with Crippen molar-refractivity contribution in [3.8, 4) is 0 Å². The van der Waals surface area contributed by atoms with Crippen LogP contribution in [0, 0.1) is 10.1 Å². The number of nitro benzene ring substituents is 1. The third-order valence-electron chi connectivity index (χ3n) is 3.30. The Kier molecular flexibility index (Phi) is 3.79. The first-order valence-electron chi connectivity index (χ1n) is 6.52. The minimum absolute atomic E-state index is 0.107. The average Bonchev–Trinajstić information content (AvgIpc) is 3.00. The van der Waals surface area contributed by atoms with Crippen LogP contribution in [0.15, 0.2) is 47.4 Å². The maximum absolute atomic E-state index is 11.1. The van der Waals surface area contributed by atoms with Crippen LogP contribution < -0.4 is 5.32 Å². The van der Waals surface area contributed by atoms with Crippen molar-refractivity contribution in [3.05, 3.63) is 63.1 Å². The molecule has 106 valence electrons. The molecule has 0 saturated carbocycles. The summed E-state index contributed by atoms with van der Waals surface area (Å²) in [4.78, 5) is 14.8. The second kappa shape index (κ2) is 5.88. The summed E-state index contributed by atoms with van der Waals surface area (Å²) in [6, 6.07) is 7.06. The van der Waals surface area contributed by atoms with E-state index in [-0.39, 0.29) is 10.6 Å². The van der Waals surface area contributed by atoms with E-state index in [0.29, 0.717) is 5.39 Å². The number of hydrogen-bond donors (Lipinski definition) is 1. The average molecular weight is 299 g/mol. The Hall–Kier alpha value is -2.47. The van der Waals surface area contributed by atoms with Crippen LogP contribution in [0.4, 0.5) is 11.4 Å². The lowest BCUT2D eigenvalue weighted by molar-refractivity contribution is -0.383. The lowest BCUT2D eigenvalue weighted by atomic mass is 10.1. The van der Waals surface area contributed by atoms with Gasteiger partial charge in [-0.1, -0.05) is 0 Å². The summed E-state index contributed by atoms with van der Waals surface area (Å²) in [6.45, 7) is 0.776. The van der Waals surface area contributed by atoms with Gasteiger partial charge in [-0.05, 0) is 40.9 Å². The molecule has 1 aromatic carbocycles. The van der Waals surface area contributed by atoms with E-state index in [1.807, 2.05) is 0 Å². The predicted octanol–water partition coefficient (Wildman–Crippen LogP) is 3.86. The summed E-state index contributed by atoms with van der Waals surface area (Å²) in [7, 11) is 0. The smallest absolute Gasteiger partial charge is 0.277 e. The first-order valence-corrected chi connectivity index (χ1v) is 7.46. The van der Waals surface area contributed by atoms with Crippen LogP contribution in [0.2, 0.25) is 0 Å². The number of anilines is 1. The molecule has 0 saturated heterocycles. The zero-order valence-corrected chi connectivity index (χ0v) is 12.0. The monoisotopic (exact) mass is 299 g/mol. The van der Waals surface area contributed by atoms with E-state index < -0.39 is 0 Å². The van der Waals surface area contributed by atoms with Crippen LogP contribution >= 0.6 is 11.3 Å². The zero-order valence-electron chi connectivity index (χ0n) is 11.2. The van der Waals surface area contributed by atoms with Gasteiger partial charge in [0.25, 0.3) is 5.69 Å². The fourth-order valence-electron chi connectivity index (χ4n) is 2.26. The van der Waals surface area contributed by atoms with Crippen molar-refractivity contribution in [2.45, 2.75) is 6.42 Å². The van der Waals surface area contributed by atoms with Gasteiger partial charge in [-0.2, -0.15) is 11.3 Å². The molecule has 0 spiro atoms. The highest BCUT2D eigenvalue weighted by molar-refractivity contribution is 7.07. The SMILES string of the molecule is O=[N+]([O-])c1ccc(NCCc2ccsc2)c2cnccc12. The molecule has 1 N–H and O–H groups in total. The number of thiophene rings is 1. The maximum atomic E-state index is 11.1. The second-order valence-corrected chi connectivity index (χ2v) is 5.40. The summed E-state index contributed by atoms with van der Waals surface area (Å²) >= 11 is 1.68. The molecule has 21 heavy (non-hydrogen) atoms. The molecule has 0 fully saturated rings. The number of aromatic nitrogens is 1. The lowest BCUT2D eigenvalue weighted by Crippen LogP contribution is -2.05. The molecule has 3 rings (SSSR count). The fraction of sp³-hybridized carbons (Fsp3) is 0.133. The van der Waals surface area contributed by atoms with Crippen molar-refractivity contribution in [1.82, 2.24) is 4.98 Å². The van der Waals surface area contributed by atoms with Gasteiger partial charge >= 0.3 is 0 Å². The highest BCUT2D eigenvalue weighted by Gasteiger charge is 2.13. The van der Waals surface area contributed by atoms with Crippen molar-refractivity contribution < 1.29 is 4.92 Å². The van der Waals surface area contributed by atoms with Crippen molar-refractivity contribution in [2.24, 2.45) is 0 Å². The van der Waals surface area contributed by atoms with Crippen LogP contribution in [0.3, 0.4) is 0 Å². The molecule has 6 heteroatoms. The molecule has 0 atom stereocenters. The topological polar surface area (TPSA) is 68.1 Å². The summed E-state index contributed by atoms with van der Waals surface area (Å²) in [5.74, 6) is 0. The minimum Gasteiger partial charge on any atom is -0.384 e. The molecule has 5 nitrogen and oxygen atoms in total. The van der Waals surface area contributed by atoms with Gasteiger partial charge in [0.1, 0.15) is 0 Å². The number of pyridine rings is 1. The second-order valence-electron chi connectivity index (χ2n) is 4.62. The number of hydrogen-bond acceptors (Lipinski definition) is 5. The Bertz CT molecular complexity index is 772. The first-order chi connectivity index (χ1) is 10.3. The Labute approximate surface area is 125 Å². The van der Waals surface area contributed by atoms with E-state index in [2.05, 4.69) is 27.1 Å². The van der Waals surface area contributed by atoms with Gasteiger partial charge in [-0.15, -0.1) is 0 Å². The fourth-order valence-corrected chi connectivity index (χ4v) is 2.97. The van der Waals surface area contributed by atoms with Crippen LogP contribution in [0.1, 0.15) is 5.56 Å². The molecule has 3 aromatic rings. The zero-order chi connectivity index (χ0) is 14.7. The van der Waals surface area contributed by atoms with Gasteiger partial charge in [0, 0.05) is 36.1 Å². The molecule has 0 aliphatic rings. The van der Waals surface area contributed by atoms with Gasteiger partial charge in [0.05, 0.1) is 10.3 Å². The van der Waals surface area contributed by atoms with E-state index >= 15 is 0 Å². The molecule has 2 heterocycles. The van der Waals surface area contributed by atoms with Gasteiger partial charge in [-0.3, -0.25) is 15.1 Å². The Morgan fingerprint density at radius 3 is 2.90 bits per heavy atom. The number of nitrogens with one attached hydrogen (secondary N) is 1. The van der Waals surface area contributed by atoms with Gasteiger partial charge in [-0.25, -0.2) is 0 Å². The molecular formula is C15H13N3O2S. The summed E-state index contributed by atoms with van der Waals surface area (Å²) < 4.78 is 0. The molecule has 0 amide bonds. The van der Waals surface area contributed by atoms with Crippen LogP contribution in [0.25, 0.3) is 10.8 Å². The van der Waals surface area contributed by atoms with E-state index in [9.17, 15) is 10.1 Å². The number of fused-ring (bicyclic) bond motifs is 1. The van der Waals surface area contributed by atoms with Gasteiger partial charge in [0.15, 0.2) is 0 Å². The van der Waals surface area contributed by atoms with Crippen molar-refractivity contribution >= 4 is 33.5 Å². The van der Waals surface area contributed by atoms with E-state index in [4.69, 9.17) is 0 Å². The number of non-ortho nitro benzene ring substituents is 1. The number of nitrogens with zero attached hydrogens (tertiary/aromatic N) is 2. The maximum Gasteiger partial charge on any atom is 0.277 e. The predicted molar refractivity (Wildman–Crippen MR) is 84.9 cm³/mol. The normalized spacial score (nSPS) is 10.7. The molecule has 0 unspecified atom stereocenters. The lowest BCUT2D eigenvalue weighted by Gasteiger charge is -2.09. The van der Waals surface area contributed by atoms with Crippen LogP contribution in [-0.2, 0) is 6.42 Å². The van der Waals surface area contributed by atoms with Crippen LogP contribution in [-0.4, -0.2) is 16.5 Å². The number of benzene rings is 1. The van der Waals surface area contributed by atoms with Gasteiger partial charge in [0.2, 0.25) is 0 Å². The summed E-state index contributed by atoms with van der Waals surface area (Å²) in [5.41, 5.74) is 2.27. The van der Waals surface area contributed by atoms with Crippen molar-refractivity contribution in [3.63, 3.8) is 0 Å². The van der Waals surface area contributed by atoms with Crippen molar-refractivity contribution in [2.75, 3.05) is 11.9 Å². The molecule has 0 bridgehead atoms. The number of nitro groups is 1. The van der Waals surface area contributed by atoms with Crippen molar-refractivity contribution in [1.29, 1.82) is 0 Å². The van der Waals surface area contributed by atoms with E-state index in [1.54, 1.807) is 35.9 Å². The highest BCUT2D eigenvalue weighted by atomic mass is 32.1. The highest BCUT2D eigenvalue weighted by Crippen LogP contribution is 2.30. The Morgan fingerprint density at radius 2 is 2.14 bits per heavy atom. The molecule has 0 aliphatic carbocycles. The third-order valence-corrected chi connectivity index (χ3v) is 4.03. The first kappa shape index (κ1) is 13.5. The Balaban J connectivity index is 1.85. The summed E-state index contributed by atoms with van der Waals surface area (Å²) in [5, 5.41) is 20.0. The number of rotatable bonds is 5. The van der Waals surface area contributed by atoms with E-state index in [1.165, 1.54) is 11.6 Å². The largest absolute Gasteiger partial charge is 0.384 e. The van der Waals surface area contributed by atoms with Gasteiger partial charge < -0.3 is 5.32 Å². The van der Waals surface area contributed by atoms with Crippen LogP contribution in [0.5, 0.6) is 0 Å². The summed E-state index contributed by atoms with van der Waals surface area (Å²) in [6.07, 6.45) is 4.15. The standard InChI is InChI=1S/C15H13N3O2S/c19-18(20)15-2-1-14(13-9-16-6-4-12(13)15)17-7-3-11-5-8-21-10-11/h1-2,4-6,8-10,17H,3,7H2.